The number of hydrogen-bond donors (Lipinski definition) is 0. The quantitative estimate of drug-likeness (QED) is 0.756. The molecule has 2 aromatic carbocycles. The van der Waals surface area contributed by atoms with E-state index in [1.165, 1.54) is 5.56 Å². The molecule has 1 aliphatic carbocycles. The normalized spacial score (nSPS) is 19.6. The van der Waals surface area contributed by atoms with Gasteiger partial charge >= 0.3 is 0 Å². The second kappa shape index (κ2) is 7.83. The van der Waals surface area contributed by atoms with E-state index >= 15 is 0 Å². The fourth-order valence-corrected chi connectivity index (χ4v) is 4.25. The van der Waals surface area contributed by atoms with Crippen LogP contribution in [0.5, 0.6) is 5.75 Å². The first-order chi connectivity index (χ1) is 13.2. The van der Waals surface area contributed by atoms with Crippen molar-refractivity contribution in [1.29, 1.82) is 0 Å². The lowest BCUT2D eigenvalue weighted by molar-refractivity contribution is -0.126. The summed E-state index contributed by atoms with van der Waals surface area (Å²) in [7, 11) is 1.67. The molecule has 0 radical (unpaired) electrons. The molecule has 4 rings (SSSR count). The van der Waals surface area contributed by atoms with E-state index in [0.717, 1.165) is 56.9 Å². The van der Waals surface area contributed by atoms with Gasteiger partial charge < -0.3 is 4.74 Å². The van der Waals surface area contributed by atoms with Gasteiger partial charge in [-0.1, -0.05) is 48.5 Å². The molecular weight excluding hydrogens is 336 g/mol. The Morgan fingerprint density at radius 3 is 2.30 bits per heavy atom. The Labute approximate surface area is 161 Å². The summed E-state index contributed by atoms with van der Waals surface area (Å²) in [5, 5.41) is 0. The van der Waals surface area contributed by atoms with Crippen LogP contribution in [0.3, 0.4) is 0 Å². The van der Waals surface area contributed by atoms with E-state index in [9.17, 15) is 4.79 Å². The monoisotopic (exact) mass is 364 g/mol. The number of benzene rings is 2. The lowest BCUT2D eigenvalue weighted by Gasteiger charge is -2.39. The first-order valence-electron chi connectivity index (χ1n) is 9.88. The minimum atomic E-state index is -0.223. The Morgan fingerprint density at radius 1 is 0.963 bits per heavy atom. The van der Waals surface area contributed by atoms with Crippen LogP contribution >= 0.6 is 0 Å². The van der Waals surface area contributed by atoms with E-state index in [-0.39, 0.29) is 5.54 Å². The number of ketones is 1. The maximum Gasteiger partial charge on any atom is 0.157 e. The minimum absolute atomic E-state index is 0.223. The zero-order chi connectivity index (χ0) is 18.7. The third kappa shape index (κ3) is 3.92. The summed E-state index contributed by atoms with van der Waals surface area (Å²) in [5.41, 5.74) is 2.14. The molecular formula is C23H28N2O2. The highest BCUT2D eigenvalue weighted by Crippen LogP contribution is 2.44. The smallest absolute Gasteiger partial charge is 0.157 e. The molecule has 0 atom stereocenters. The molecule has 0 spiro atoms. The van der Waals surface area contributed by atoms with E-state index in [2.05, 4.69) is 40.1 Å². The number of rotatable bonds is 7. The van der Waals surface area contributed by atoms with Crippen LogP contribution in [0.1, 0.15) is 24.0 Å². The maximum absolute atomic E-state index is 13.1. The number of nitrogens with zero attached hydrogens (tertiary/aromatic N) is 2. The van der Waals surface area contributed by atoms with Crippen molar-refractivity contribution in [3.8, 4) is 5.75 Å². The van der Waals surface area contributed by atoms with Crippen molar-refractivity contribution in [3.05, 3.63) is 65.7 Å². The van der Waals surface area contributed by atoms with E-state index in [1.54, 1.807) is 7.11 Å². The van der Waals surface area contributed by atoms with Crippen molar-refractivity contribution in [2.24, 2.45) is 0 Å². The SMILES string of the molecule is COc1ccccc1CC(=O)C1(N2CCN(Cc3ccccc3)CC2)CC1. The van der Waals surface area contributed by atoms with Gasteiger partial charge in [-0.15, -0.1) is 0 Å². The summed E-state index contributed by atoms with van der Waals surface area (Å²) in [6.07, 6.45) is 2.47. The molecule has 2 aliphatic rings. The predicted octanol–water partition coefficient (Wildman–Crippen LogP) is 3.16. The van der Waals surface area contributed by atoms with Crippen LogP contribution in [-0.2, 0) is 17.8 Å². The molecule has 0 unspecified atom stereocenters. The second-order valence-corrected chi connectivity index (χ2v) is 7.69. The number of hydrogen-bond acceptors (Lipinski definition) is 4. The van der Waals surface area contributed by atoms with Gasteiger partial charge in [0.05, 0.1) is 12.6 Å². The highest BCUT2D eigenvalue weighted by Gasteiger charge is 2.54. The minimum Gasteiger partial charge on any atom is -0.496 e. The lowest BCUT2D eigenvalue weighted by Crippen LogP contribution is -2.54. The van der Waals surface area contributed by atoms with Crippen LogP contribution in [0.15, 0.2) is 54.6 Å². The first-order valence-corrected chi connectivity index (χ1v) is 9.88. The first kappa shape index (κ1) is 18.2. The molecule has 142 valence electrons. The molecule has 27 heavy (non-hydrogen) atoms. The standard InChI is InChI=1S/C23H28N2O2/c1-27-21-10-6-5-9-20(21)17-22(26)23(11-12-23)25-15-13-24(14-16-25)18-19-7-3-2-4-8-19/h2-10H,11-18H2,1H3. The summed E-state index contributed by atoms with van der Waals surface area (Å²) < 4.78 is 5.42. The summed E-state index contributed by atoms with van der Waals surface area (Å²) in [4.78, 5) is 18.1. The van der Waals surface area contributed by atoms with Crippen molar-refractivity contribution in [2.75, 3.05) is 33.3 Å². The van der Waals surface area contributed by atoms with Crippen molar-refractivity contribution in [1.82, 2.24) is 9.80 Å². The molecule has 1 saturated carbocycles. The zero-order valence-corrected chi connectivity index (χ0v) is 16.1. The van der Waals surface area contributed by atoms with Gasteiger partial charge in [0.15, 0.2) is 5.78 Å². The number of Topliss-reactive ketones (excluding diaryl/α,β-unsaturated/α-hetero) is 1. The highest BCUT2D eigenvalue weighted by atomic mass is 16.5. The van der Waals surface area contributed by atoms with Crippen LogP contribution in [0.4, 0.5) is 0 Å². The lowest BCUT2D eigenvalue weighted by atomic mass is 9.99. The summed E-state index contributed by atoms with van der Waals surface area (Å²) in [6, 6.07) is 18.5. The van der Waals surface area contributed by atoms with Crippen LogP contribution < -0.4 is 4.74 Å². The van der Waals surface area contributed by atoms with E-state index in [1.807, 2.05) is 24.3 Å². The second-order valence-electron chi connectivity index (χ2n) is 7.69. The Hall–Kier alpha value is -2.17. The Bertz CT molecular complexity index is 778. The highest BCUT2D eigenvalue weighted by molar-refractivity contribution is 5.93. The maximum atomic E-state index is 13.1. The zero-order valence-electron chi connectivity index (χ0n) is 16.1. The van der Waals surface area contributed by atoms with Gasteiger partial charge in [-0.3, -0.25) is 14.6 Å². The fraction of sp³-hybridized carbons (Fsp3) is 0.435. The van der Waals surface area contributed by atoms with E-state index in [4.69, 9.17) is 4.74 Å². The number of ether oxygens (including phenoxy) is 1. The summed E-state index contributed by atoms with van der Waals surface area (Å²) in [6.45, 7) is 5.00. The summed E-state index contributed by atoms with van der Waals surface area (Å²) >= 11 is 0. The molecule has 1 aliphatic heterocycles. The number of carbonyl (C=O) groups excluding carboxylic acids is 1. The molecule has 1 saturated heterocycles. The Balaban J connectivity index is 1.35. The van der Waals surface area contributed by atoms with Crippen molar-refractivity contribution < 1.29 is 9.53 Å². The van der Waals surface area contributed by atoms with Crippen molar-refractivity contribution in [2.45, 2.75) is 31.3 Å². The van der Waals surface area contributed by atoms with Gasteiger partial charge in [-0.25, -0.2) is 0 Å². The van der Waals surface area contributed by atoms with Crippen LogP contribution in [0, 0.1) is 0 Å². The van der Waals surface area contributed by atoms with E-state index < -0.39 is 0 Å². The van der Waals surface area contributed by atoms with Crippen LogP contribution in [-0.4, -0.2) is 54.4 Å². The third-order valence-electron chi connectivity index (χ3n) is 6.01. The van der Waals surface area contributed by atoms with Gasteiger partial charge in [-0.2, -0.15) is 0 Å². The molecule has 2 fully saturated rings. The number of para-hydroxylation sites is 1. The molecule has 1 heterocycles. The van der Waals surface area contributed by atoms with Gasteiger partial charge in [0.2, 0.25) is 0 Å². The van der Waals surface area contributed by atoms with Crippen molar-refractivity contribution in [3.63, 3.8) is 0 Å². The van der Waals surface area contributed by atoms with E-state index in [0.29, 0.717) is 12.2 Å². The summed E-state index contributed by atoms with van der Waals surface area (Å²) in [5.74, 6) is 1.16. The van der Waals surface area contributed by atoms with Gasteiger partial charge in [0.1, 0.15) is 5.75 Å². The number of methoxy groups -OCH3 is 1. The molecule has 4 nitrogen and oxygen atoms in total. The number of carbonyl (C=O) groups is 1. The average Bonchev–Trinajstić information content (AvgIpc) is 3.52. The molecule has 0 bridgehead atoms. The Morgan fingerprint density at radius 2 is 1.63 bits per heavy atom. The fourth-order valence-electron chi connectivity index (χ4n) is 4.25. The topological polar surface area (TPSA) is 32.8 Å². The van der Waals surface area contributed by atoms with Crippen LogP contribution in [0.25, 0.3) is 0 Å². The number of piperazine rings is 1. The van der Waals surface area contributed by atoms with Crippen molar-refractivity contribution >= 4 is 5.78 Å². The molecule has 2 aromatic rings. The van der Waals surface area contributed by atoms with Gasteiger partial charge in [0.25, 0.3) is 0 Å². The Kier molecular flexibility index (Phi) is 5.28. The molecule has 0 N–H and O–H groups in total. The largest absolute Gasteiger partial charge is 0.496 e. The predicted molar refractivity (Wildman–Crippen MR) is 107 cm³/mol. The van der Waals surface area contributed by atoms with Crippen LogP contribution in [0.2, 0.25) is 0 Å². The molecule has 4 heteroatoms. The van der Waals surface area contributed by atoms with Gasteiger partial charge in [-0.05, 0) is 24.5 Å². The molecule has 0 aromatic heterocycles. The average molecular weight is 364 g/mol. The molecule has 0 amide bonds. The van der Waals surface area contributed by atoms with Gasteiger partial charge in [0, 0.05) is 44.7 Å². The third-order valence-corrected chi connectivity index (χ3v) is 6.01.